The number of ether oxygens (including phenoxy) is 4. The number of aryl methyl sites for hydroxylation is 1. The molecule has 3 saturated heterocycles. The minimum atomic E-state index is -4.01. The van der Waals surface area contributed by atoms with Gasteiger partial charge in [0, 0.05) is 49.6 Å². The Morgan fingerprint density at radius 3 is 2.26 bits per heavy atom. The van der Waals surface area contributed by atoms with Crippen LogP contribution in [0, 0.1) is 12.8 Å². The molecule has 5 atom stereocenters. The minimum absolute atomic E-state index is 0.000670. The highest BCUT2D eigenvalue weighted by Gasteiger charge is 2.43. The molecule has 0 bridgehead atoms. The number of carbonyl (C=O) groups is 1. The molecule has 1 spiro atoms. The number of nitrogens with one attached hydrogen (secondary N) is 2. The summed E-state index contributed by atoms with van der Waals surface area (Å²) < 4.78 is 54.9. The average Bonchev–Trinajstić information content (AvgIpc) is 3.64. The van der Waals surface area contributed by atoms with Crippen molar-refractivity contribution in [3.05, 3.63) is 131 Å². The van der Waals surface area contributed by atoms with Crippen LogP contribution in [-0.2, 0) is 46.8 Å². The van der Waals surface area contributed by atoms with E-state index >= 15 is 0 Å². The average molecular weight is 756 g/mol. The van der Waals surface area contributed by atoms with E-state index in [1.165, 1.54) is 12.1 Å². The largest absolute Gasteiger partial charge is 0.392 e. The maximum absolute atomic E-state index is 13.9. The number of aliphatic hydroxyl groups is 1. The number of likely N-dealkylation sites (tertiary alicyclic amines) is 1. The molecular weight excluding hydrogens is 707 g/mol. The van der Waals surface area contributed by atoms with Crippen molar-refractivity contribution in [1.82, 2.24) is 9.62 Å². The normalized spacial score (nSPS) is 23.6. The summed E-state index contributed by atoms with van der Waals surface area (Å²) in [6.07, 6.45) is 0.517. The molecule has 0 radical (unpaired) electrons. The fourth-order valence-corrected chi connectivity index (χ4v) is 8.64. The van der Waals surface area contributed by atoms with Gasteiger partial charge in [0.05, 0.1) is 36.9 Å². The van der Waals surface area contributed by atoms with E-state index in [4.69, 9.17) is 18.9 Å². The lowest BCUT2D eigenvalue weighted by molar-refractivity contribution is -0.278. The van der Waals surface area contributed by atoms with E-state index in [9.17, 15) is 18.3 Å². The minimum Gasteiger partial charge on any atom is -0.392 e. The van der Waals surface area contributed by atoms with E-state index in [2.05, 4.69) is 21.9 Å². The lowest BCUT2D eigenvalue weighted by Crippen LogP contribution is -2.50. The van der Waals surface area contributed by atoms with E-state index in [1.807, 2.05) is 79.7 Å². The summed E-state index contributed by atoms with van der Waals surface area (Å²) in [5.74, 6) is -0.966. The van der Waals surface area contributed by atoms with Gasteiger partial charge in [0.15, 0.2) is 12.1 Å². The first-order valence-corrected chi connectivity index (χ1v) is 20.1. The zero-order chi connectivity index (χ0) is 37.7. The number of sulfonamides is 1. The number of anilines is 1. The fourth-order valence-electron chi connectivity index (χ4n) is 7.45. The third-order valence-corrected chi connectivity index (χ3v) is 12.1. The molecule has 1 amide bonds. The van der Waals surface area contributed by atoms with Crippen molar-refractivity contribution in [3.63, 3.8) is 0 Å². The topological polar surface area (TPSA) is 136 Å². The summed E-state index contributed by atoms with van der Waals surface area (Å²) in [6.45, 7) is 7.60. The van der Waals surface area contributed by atoms with Crippen LogP contribution in [0.5, 0.6) is 0 Å². The van der Waals surface area contributed by atoms with E-state index in [-0.39, 0.29) is 36.0 Å². The van der Waals surface area contributed by atoms with Gasteiger partial charge in [-0.3, -0.25) is 4.79 Å². The van der Waals surface area contributed by atoms with Gasteiger partial charge in [0.1, 0.15) is 6.04 Å². The molecule has 0 unspecified atom stereocenters. The van der Waals surface area contributed by atoms with Gasteiger partial charge >= 0.3 is 0 Å². The van der Waals surface area contributed by atoms with Gasteiger partial charge in [0.2, 0.25) is 15.9 Å². The number of piperidine rings is 1. The molecule has 3 fully saturated rings. The molecule has 3 aliphatic rings. The molecule has 3 aliphatic heterocycles. The van der Waals surface area contributed by atoms with Crippen LogP contribution in [0.2, 0.25) is 0 Å². The first-order valence-electron chi connectivity index (χ1n) is 18.6. The van der Waals surface area contributed by atoms with Crippen molar-refractivity contribution in [2.24, 2.45) is 5.92 Å². The van der Waals surface area contributed by atoms with Gasteiger partial charge in [0.25, 0.3) is 0 Å². The van der Waals surface area contributed by atoms with Crippen molar-refractivity contribution in [1.29, 1.82) is 0 Å². The van der Waals surface area contributed by atoms with E-state index in [0.717, 1.165) is 48.2 Å². The predicted molar refractivity (Wildman–Crippen MR) is 204 cm³/mol. The maximum Gasteiger partial charge on any atom is 0.242 e. The Hall–Kier alpha value is -3.98. The van der Waals surface area contributed by atoms with Crippen molar-refractivity contribution in [3.8, 4) is 0 Å². The van der Waals surface area contributed by atoms with Gasteiger partial charge in [-0.1, -0.05) is 91.3 Å². The molecule has 54 heavy (non-hydrogen) atoms. The van der Waals surface area contributed by atoms with Gasteiger partial charge < -0.3 is 34.3 Å². The molecule has 0 aliphatic carbocycles. The summed E-state index contributed by atoms with van der Waals surface area (Å²) in [5, 5.41) is 12.6. The molecule has 11 nitrogen and oxygen atoms in total. The van der Waals surface area contributed by atoms with Crippen LogP contribution < -0.4 is 10.0 Å². The third kappa shape index (κ3) is 9.10. The Morgan fingerprint density at radius 1 is 0.870 bits per heavy atom. The second kappa shape index (κ2) is 16.8. The van der Waals surface area contributed by atoms with E-state index in [0.29, 0.717) is 31.0 Å². The number of amides is 1. The van der Waals surface area contributed by atoms with Crippen LogP contribution in [0.3, 0.4) is 0 Å². The molecule has 0 saturated carbocycles. The highest BCUT2D eigenvalue weighted by molar-refractivity contribution is 7.89. The summed E-state index contributed by atoms with van der Waals surface area (Å²) in [5.41, 5.74) is 4.74. The van der Waals surface area contributed by atoms with Crippen LogP contribution >= 0.6 is 0 Å². The Balaban J connectivity index is 1.10. The second-order valence-electron chi connectivity index (χ2n) is 14.5. The van der Waals surface area contributed by atoms with Gasteiger partial charge in [-0.25, -0.2) is 8.42 Å². The lowest BCUT2D eigenvalue weighted by Gasteiger charge is -2.44. The second-order valence-corrected chi connectivity index (χ2v) is 16.2. The molecule has 0 aromatic heterocycles. The van der Waals surface area contributed by atoms with E-state index in [1.54, 1.807) is 18.2 Å². The zero-order valence-electron chi connectivity index (χ0n) is 30.7. The van der Waals surface area contributed by atoms with Crippen molar-refractivity contribution in [2.75, 3.05) is 38.2 Å². The third-order valence-electron chi connectivity index (χ3n) is 10.6. The number of nitrogens with zero attached hydrogens (tertiary/aromatic N) is 1. The Bertz CT molecular complexity index is 1960. The van der Waals surface area contributed by atoms with Crippen LogP contribution in [0.1, 0.15) is 60.0 Å². The molecule has 12 heteroatoms. The smallest absolute Gasteiger partial charge is 0.242 e. The quantitative estimate of drug-likeness (QED) is 0.168. The predicted octanol–water partition coefficient (Wildman–Crippen LogP) is 5.65. The summed E-state index contributed by atoms with van der Waals surface area (Å²) >= 11 is 0. The monoisotopic (exact) mass is 755 g/mol. The number of rotatable bonds is 12. The molecule has 3 heterocycles. The van der Waals surface area contributed by atoms with Crippen LogP contribution in [-0.4, -0.2) is 75.1 Å². The van der Waals surface area contributed by atoms with Crippen molar-refractivity contribution >= 4 is 21.6 Å². The summed E-state index contributed by atoms with van der Waals surface area (Å²) in [4.78, 5) is 16.4. The van der Waals surface area contributed by atoms with Crippen molar-refractivity contribution in [2.45, 2.75) is 74.9 Å². The Labute approximate surface area is 317 Å². The highest BCUT2D eigenvalue weighted by Crippen LogP contribution is 2.43. The maximum atomic E-state index is 13.9. The van der Waals surface area contributed by atoms with Crippen molar-refractivity contribution < 1.29 is 37.3 Å². The van der Waals surface area contributed by atoms with Gasteiger partial charge in [-0.2, -0.15) is 4.72 Å². The van der Waals surface area contributed by atoms with E-state index < -0.39 is 34.0 Å². The summed E-state index contributed by atoms with van der Waals surface area (Å²) in [6, 6.07) is 29.8. The van der Waals surface area contributed by atoms with Gasteiger partial charge in [-0.05, 0) is 54.3 Å². The number of benzene rings is 4. The SMILES string of the molecule is Cc1ccc(S(=O)(=O)N[C@H](Cc2ccccc2)C(=O)Nc2cccc([C@@H]3O[C@H](CN4CCC5(CC4)OCCO5)[C@H](C)[C@H](c4ccc(CO)cc4)O3)c2)cc1. The molecular formula is C42H49N3O8S. The first kappa shape index (κ1) is 38.3. The molecule has 286 valence electrons. The number of carbonyl (C=O) groups excluding carboxylic acids is 1. The van der Waals surface area contributed by atoms with Crippen LogP contribution in [0.25, 0.3) is 0 Å². The standard InChI is InChI=1S/C42H49N3O8S/c1-29-11-17-36(18-12-29)54(48,49)44-37(25-31-7-4-3-5-8-31)40(47)43-35-10-6-9-34(26-35)41-52-38(27-45-21-19-42(20-22-45)50-23-24-51-42)30(2)39(53-41)33-15-13-32(28-46)14-16-33/h3-18,26,30,37-39,41,44,46H,19-25,27-28H2,1-2H3,(H,43,47)/t30-,37+,38+,39+,41+/m0/s1. The number of hydrogen-bond acceptors (Lipinski definition) is 9. The fraction of sp³-hybridized carbons (Fsp3) is 0.405. The number of aliphatic hydroxyl groups excluding tert-OH is 1. The van der Waals surface area contributed by atoms with Crippen LogP contribution in [0.4, 0.5) is 5.69 Å². The first-order chi connectivity index (χ1) is 26.1. The Kier molecular flexibility index (Phi) is 11.9. The highest BCUT2D eigenvalue weighted by atomic mass is 32.2. The van der Waals surface area contributed by atoms with Crippen LogP contribution in [0.15, 0.2) is 108 Å². The van der Waals surface area contributed by atoms with Gasteiger partial charge in [-0.15, -0.1) is 0 Å². The molecule has 4 aromatic rings. The summed E-state index contributed by atoms with van der Waals surface area (Å²) in [7, 11) is -4.01. The molecule has 4 aromatic carbocycles. The zero-order valence-corrected chi connectivity index (χ0v) is 31.5. The molecule has 3 N–H and O–H groups in total. The number of hydrogen-bond donors (Lipinski definition) is 3. The molecule has 7 rings (SSSR count). The lowest BCUT2D eigenvalue weighted by atomic mass is 9.89. The Morgan fingerprint density at radius 2 is 1.57 bits per heavy atom.